The van der Waals surface area contributed by atoms with Crippen LogP contribution in [0.4, 0.5) is 0 Å². The Labute approximate surface area is 156 Å². The van der Waals surface area contributed by atoms with Gasteiger partial charge in [-0.25, -0.2) is 0 Å². The summed E-state index contributed by atoms with van der Waals surface area (Å²) in [5.74, 6) is 0.830. The van der Waals surface area contributed by atoms with Crippen molar-refractivity contribution < 1.29 is 0 Å². The van der Waals surface area contributed by atoms with Gasteiger partial charge in [-0.3, -0.25) is 4.98 Å². The van der Waals surface area contributed by atoms with Gasteiger partial charge in [0.05, 0.1) is 5.69 Å². The van der Waals surface area contributed by atoms with Crippen LogP contribution in [0.5, 0.6) is 0 Å². The minimum absolute atomic E-state index is 0.830. The molecule has 0 saturated heterocycles. The molecule has 2 aliphatic rings. The van der Waals surface area contributed by atoms with Crippen molar-refractivity contribution >= 4 is 0 Å². The molecule has 0 spiro atoms. The largest absolute Gasteiger partial charge is 0.256 e. The van der Waals surface area contributed by atoms with Crippen molar-refractivity contribution in [3.63, 3.8) is 0 Å². The van der Waals surface area contributed by atoms with E-state index < -0.39 is 0 Å². The number of aryl methyl sites for hydroxylation is 3. The SMILES string of the molecule is Cc1ccccc1-c1cc(-c2cc3c4c(c2)CCCC4CCC3)ccn1. The van der Waals surface area contributed by atoms with Crippen molar-refractivity contribution in [3.8, 4) is 22.4 Å². The first kappa shape index (κ1) is 15.8. The van der Waals surface area contributed by atoms with Gasteiger partial charge >= 0.3 is 0 Å². The lowest BCUT2D eigenvalue weighted by atomic mass is 9.72. The molecule has 0 atom stereocenters. The topological polar surface area (TPSA) is 12.9 Å². The molecule has 1 aromatic heterocycles. The fraction of sp³-hybridized carbons (Fsp3) is 0.320. The molecule has 1 heteroatoms. The second kappa shape index (κ2) is 6.39. The number of nitrogens with zero attached hydrogens (tertiary/aromatic N) is 1. The Morgan fingerprint density at radius 3 is 2.31 bits per heavy atom. The number of pyridine rings is 1. The molecular formula is C25H25N. The zero-order chi connectivity index (χ0) is 17.5. The van der Waals surface area contributed by atoms with Gasteiger partial charge in [-0.15, -0.1) is 0 Å². The van der Waals surface area contributed by atoms with Gasteiger partial charge in [-0.2, -0.15) is 0 Å². The summed E-state index contributed by atoms with van der Waals surface area (Å²) in [5, 5.41) is 0. The van der Waals surface area contributed by atoms with E-state index in [2.05, 4.69) is 60.4 Å². The lowest BCUT2D eigenvalue weighted by molar-refractivity contribution is 0.477. The molecule has 2 aliphatic carbocycles. The van der Waals surface area contributed by atoms with Crippen LogP contribution in [0.1, 0.15) is 53.9 Å². The second-order valence-electron chi connectivity index (χ2n) is 7.93. The molecule has 3 aromatic rings. The van der Waals surface area contributed by atoms with E-state index >= 15 is 0 Å². The zero-order valence-electron chi connectivity index (χ0n) is 15.5. The van der Waals surface area contributed by atoms with E-state index in [1.54, 1.807) is 16.7 Å². The highest BCUT2D eigenvalue weighted by Gasteiger charge is 2.26. The molecule has 1 heterocycles. The Morgan fingerprint density at radius 1 is 0.846 bits per heavy atom. The van der Waals surface area contributed by atoms with Crippen molar-refractivity contribution in [2.75, 3.05) is 0 Å². The van der Waals surface area contributed by atoms with Crippen LogP contribution in [0, 0.1) is 6.92 Å². The van der Waals surface area contributed by atoms with Gasteiger partial charge in [0.2, 0.25) is 0 Å². The Bertz CT molecular complexity index is 938. The third kappa shape index (κ3) is 2.67. The van der Waals surface area contributed by atoms with Crippen molar-refractivity contribution in [1.29, 1.82) is 0 Å². The fourth-order valence-corrected chi connectivity index (χ4v) is 5.01. The second-order valence-corrected chi connectivity index (χ2v) is 7.93. The molecule has 0 radical (unpaired) electrons. The molecule has 0 aliphatic heterocycles. The summed E-state index contributed by atoms with van der Waals surface area (Å²) in [5.41, 5.74) is 11.2. The van der Waals surface area contributed by atoms with Crippen LogP contribution in [0.15, 0.2) is 54.7 Å². The average molecular weight is 339 g/mol. The molecule has 1 nitrogen and oxygen atoms in total. The molecule has 0 fully saturated rings. The van der Waals surface area contributed by atoms with Gasteiger partial charge in [0, 0.05) is 11.8 Å². The zero-order valence-corrected chi connectivity index (χ0v) is 15.5. The van der Waals surface area contributed by atoms with Gasteiger partial charge in [-0.05, 0) is 96.9 Å². The van der Waals surface area contributed by atoms with Crippen LogP contribution < -0.4 is 0 Å². The number of hydrogen-bond acceptors (Lipinski definition) is 1. The molecule has 0 amide bonds. The minimum Gasteiger partial charge on any atom is -0.256 e. The lowest BCUT2D eigenvalue weighted by Gasteiger charge is -2.32. The number of aromatic nitrogens is 1. The monoisotopic (exact) mass is 339 g/mol. The van der Waals surface area contributed by atoms with E-state index in [0.29, 0.717) is 0 Å². The Morgan fingerprint density at radius 2 is 1.58 bits per heavy atom. The van der Waals surface area contributed by atoms with Crippen LogP contribution in [0.3, 0.4) is 0 Å². The quantitative estimate of drug-likeness (QED) is 0.520. The van der Waals surface area contributed by atoms with Crippen LogP contribution in [-0.4, -0.2) is 4.98 Å². The standard InChI is InChI=1S/C25H25N/c1-17-6-2-3-11-23(17)24-16-19(12-13-26-24)22-14-20-9-4-7-18-8-5-10-21(15-22)25(18)20/h2-3,6,11-16,18H,4-5,7-10H2,1H3. The molecule has 5 rings (SSSR count). The Hall–Kier alpha value is -2.41. The third-order valence-corrected chi connectivity index (χ3v) is 6.27. The summed E-state index contributed by atoms with van der Waals surface area (Å²) in [7, 11) is 0. The van der Waals surface area contributed by atoms with E-state index in [-0.39, 0.29) is 0 Å². The number of hydrogen-bond donors (Lipinski definition) is 0. The van der Waals surface area contributed by atoms with Crippen molar-refractivity contribution in [2.24, 2.45) is 0 Å². The Kier molecular flexibility index (Phi) is 3.89. The van der Waals surface area contributed by atoms with E-state index in [4.69, 9.17) is 0 Å². The van der Waals surface area contributed by atoms with Gasteiger partial charge in [-0.1, -0.05) is 36.4 Å². The average Bonchev–Trinajstić information content (AvgIpc) is 2.69. The summed E-state index contributed by atoms with van der Waals surface area (Å²) in [4.78, 5) is 4.65. The summed E-state index contributed by atoms with van der Waals surface area (Å²) in [6, 6.07) is 17.9. The van der Waals surface area contributed by atoms with Crippen molar-refractivity contribution in [1.82, 2.24) is 4.98 Å². The maximum absolute atomic E-state index is 4.65. The van der Waals surface area contributed by atoms with E-state index in [0.717, 1.165) is 11.6 Å². The molecule has 130 valence electrons. The van der Waals surface area contributed by atoms with E-state index in [1.165, 1.54) is 60.8 Å². The van der Waals surface area contributed by atoms with Crippen LogP contribution in [0.25, 0.3) is 22.4 Å². The van der Waals surface area contributed by atoms with Gasteiger partial charge in [0.15, 0.2) is 0 Å². The highest BCUT2D eigenvalue weighted by Crippen LogP contribution is 2.43. The van der Waals surface area contributed by atoms with Gasteiger partial charge in [0.25, 0.3) is 0 Å². The summed E-state index contributed by atoms with van der Waals surface area (Å²) in [6.07, 6.45) is 9.96. The summed E-state index contributed by atoms with van der Waals surface area (Å²) < 4.78 is 0. The predicted octanol–water partition coefficient (Wildman–Crippen LogP) is 6.48. The van der Waals surface area contributed by atoms with Crippen LogP contribution >= 0.6 is 0 Å². The highest BCUT2D eigenvalue weighted by molar-refractivity contribution is 5.73. The van der Waals surface area contributed by atoms with E-state index in [1.807, 2.05) is 6.20 Å². The van der Waals surface area contributed by atoms with Crippen LogP contribution in [-0.2, 0) is 12.8 Å². The minimum atomic E-state index is 0.830. The predicted molar refractivity (Wildman–Crippen MR) is 108 cm³/mol. The number of benzene rings is 2. The summed E-state index contributed by atoms with van der Waals surface area (Å²) in [6.45, 7) is 2.16. The first-order chi connectivity index (χ1) is 12.8. The normalized spacial score (nSPS) is 16.3. The van der Waals surface area contributed by atoms with Crippen molar-refractivity contribution in [3.05, 3.63) is 77.0 Å². The van der Waals surface area contributed by atoms with Crippen molar-refractivity contribution in [2.45, 2.75) is 51.4 Å². The summed E-state index contributed by atoms with van der Waals surface area (Å²) >= 11 is 0. The molecule has 0 unspecified atom stereocenters. The molecule has 2 aromatic carbocycles. The maximum atomic E-state index is 4.65. The fourth-order valence-electron chi connectivity index (χ4n) is 5.01. The third-order valence-electron chi connectivity index (χ3n) is 6.27. The molecule has 26 heavy (non-hydrogen) atoms. The molecule has 0 bridgehead atoms. The smallest absolute Gasteiger partial charge is 0.0710 e. The highest BCUT2D eigenvalue weighted by atomic mass is 14.7. The lowest BCUT2D eigenvalue weighted by Crippen LogP contribution is -2.17. The first-order valence-electron chi connectivity index (χ1n) is 9.98. The van der Waals surface area contributed by atoms with Gasteiger partial charge < -0.3 is 0 Å². The number of rotatable bonds is 2. The Balaban J connectivity index is 1.61. The first-order valence-corrected chi connectivity index (χ1v) is 9.98. The molecular weight excluding hydrogens is 314 g/mol. The van der Waals surface area contributed by atoms with E-state index in [9.17, 15) is 0 Å². The molecule has 0 saturated carbocycles. The maximum Gasteiger partial charge on any atom is 0.0710 e. The van der Waals surface area contributed by atoms with Gasteiger partial charge in [0.1, 0.15) is 0 Å². The molecule has 0 N–H and O–H groups in total. The van der Waals surface area contributed by atoms with Crippen LogP contribution in [0.2, 0.25) is 0 Å².